The van der Waals surface area contributed by atoms with Crippen molar-refractivity contribution in [1.29, 1.82) is 5.26 Å². The largest absolute Gasteiger partial charge is 0.465 e. The fourth-order valence-electron chi connectivity index (χ4n) is 4.92. The maximum absolute atomic E-state index is 13.3. The summed E-state index contributed by atoms with van der Waals surface area (Å²) in [6.07, 6.45) is 5.25. The summed E-state index contributed by atoms with van der Waals surface area (Å²) in [7, 11) is 0. The molecule has 36 heavy (non-hydrogen) atoms. The topological polar surface area (TPSA) is 155 Å². The second-order valence-corrected chi connectivity index (χ2v) is 8.99. The van der Waals surface area contributed by atoms with Crippen LogP contribution in [0.2, 0.25) is 0 Å². The van der Waals surface area contributed by atoms with Gasteiger partial charge in [0, 0.05) is 37.4 Å². The highest BCUT2D eigenvalue weighted by Crippen LogP contribution is 2.43. The Labute approximate surface area is 206 Å². The van der Waals surface area contributed by atoms with Crippen LogP contribution in [0.25, 0.3) is 0 Å². The van der Waals surface area contributed by atoms with E-state index >= 15 is 0 Å². The number of aromatic nitrogens is 4. The molecule has 0 saturated carbocycles. The summed E-state index contributed by atoms with van der Waals surface area (Å²) in [4.78, 5) is 25.6. The lowest BCUT2D eigenvalue weighted by Gasteiger charge is -2.49. The van der Waals surface area contributed by atoms with Gasteiger partial charge in [0.25, 0.3) is 5.91 Å². The first-order chi connectivity index (χ1) is 17.2. The fourth-order valence-corrected chi connectivity index (χ4v) is 4.92. The van der Waals surface area contributed by atoms with Crippen molar-refractivity contribution in [2.75, 3.05) is 11.9 Å². The van der Waals surface area contributed by atoms with Crippen LogP contribution in [0.4, 0.5) is 20.7 Å². The molecule has 1 aliphatic rings. The average Bonchev–Trinajstić information content (AvgIpc) is 3.50. The van der Waals surface area contributed by atoms with E-state index in [-0.39, 0.29) is 17.9 Å². The van der Waals surface area contributed by atoms with Gasteiger partial charge >= 0.3 is 6.09 Å². The van der Waals surface area contributed by atoms with Crippen molar-refractivity contribution in [1.82, 2.24) is 24.5 Å². The zero-order valence-corrected chi connectivity index (χ0v) is 19.7. The number of carbonyl (C=O) groups excluding carboxylic acids is 1. The van der Waals surface area contributed by atoms with Gasteiger partial charge in [-0.25, -0.2) is 9.18 Å². The summed E-state index contributed by atoms with van der Waals surface area (Å²) in [5.41, 5.74) is 5.19. The lowest BCUT2D eigenvalue weighted by Crippen LogP contribution is -2.59. The van der Waals surface area contributed by atoms with Crippen molar-refractivity contribution in [3.8, 4) is 6.07 Å². The van der Waals surface area contributed by atoms with E-state index in [2.05, 4.69) is 21.6 Å². The van der Waals surface area contributed by atoms with Gasteiger partial charge in [0.2, 0.25) is 0 Å². The Hall–Kier alpha value is -4.40. The number of nitrogens with one attached hydrogen (secondary N) is 1. The third-order valence-corrected chi connectivity index (χ3v) is 6.76. The second-order valence-electron chi connectivity index (χ2n) is 8.99. The van der Waals surface area contributed by atoms with Crippen molar-refractivity contribution in [2.24, 2.45) is 11.7 Å². The SMILES string of the molecule is CC1(CCCn2cccn2)[C@@H](C#N)[C@H](n2cc(C(N)=O)c(Nc3ccc(F)cc3)n2)CCN1C(=O)O. The number of carbonyl (C=O) groups is 2. The van der Waals surface area contributed by atoms with Crippen molar-refractivity contribution in [3.63, 3.8) is 0 Å². The number of rotatable bonds is 8. The lowest BCUT2D eigenvalue weighted by atomic mass is 9.73. The molecule has 0 spiro atoms. The van der Waals surface area contributed by atoms with E-state index in [1.54, 1.807) is 17.8 Å². The number of anilines is 2. The molecule has 2 aromatic heterocycles. The molecule has 2 amide bonds. The maximum Gasteiger partial charge on any atom is 0.407 e. The van der Waals surface area contributed by atoms with Gasteiger partial charge in [-0.05, 0) is 56.5 Å². The van der Waals surface area contributed by atoms with Gasteiger partial charge in [-0.15, -0.1) is 0 Å². The molecule has 3 atom stereocenters. The van der Waals surface area contributed by atoms with Crippen LogP contribution in [0.1, 0.15) is 42.6 Å². The number of aryl methyl sites for hydroxylation is 1. The Bertz CT molecular complexity index is 1270. The Morgan fingerprint density at radius 3 is 2.72 bits per heavy atom. The number of likely N-dealkylation sites (tertiary alicyclic amines) is 1. The number of halogens is 1. The Kier molecular flexibility index (Phi) is 6.91. The van der Waals surface area contributed by atoms with Crippen molar-refractivity contribution in [2.45, 2.75) is 44.3 Å². The molecule has 1 aliphatic heterocycles. The van der Waals surface area contributed by atoms with Crippen LogP contribution in [-0.4, -0.2) is 53.7 Å². The molecule has 3 aromatic rings. The number of amides is 2. The Balaban J connectivity index is 1.63. The van der Waals surface area contributed by atoms with Crippen molar-refractivity contribution in [3.05, 3.63) is 60.3 Å². The number of nitrogens with zero attached hydrogens (tertiary/aromatic N) is 6. The minimum absolute atomic E-state index is 0.108. The molecule has 3 heterocycles. The highest BCUT2D eigenvalue weighted by atomic mass is 19.1. The van der Waals surface area contributed by atoms with Crippen molar-refractivity contribution < 1.29 is 19.1 Å². The molecule has 11 nitrogen and oxygen atoms in total. The second kappa shape index (κ2) is 10.1. The number of hydrogen-bond acceptors (Lipinski definition) is 6. The fraction of sp³-hybridized carbons (Fsp3) is 0.375. The number of piperidine rings is 1. The van der Waals surface area contributed by atoms with Crippen LogP contribution in [-0.2, 0) is 6.54 Å². The van der Waals surface area contributed by atoms with Gasteiger partial charge < -0.3 is 21.1 Å². The number of benzene rings is 1. The van der Waals surface area contributed by atoms with Crippen LogP contribution in [0.15, 0.2) is 48.9 Å². The number of nitrogens with two attached hydrogens (primary N) is 1. The monoisotopic (exact) mass is 494 g/mol. The van der Waals surface area contributed by atoms with E-state index in [1.807, 2.05) is 12.3 Å². The zero-order chi connectivity index (χ0) is 25.9. The first-order valence-electron chi connectivity index (χ1n) is 11.5. The molecule has 0 aliphatic carbocycles. The van der Waals surface area contributed by atoms with Gasteiger partial charge in [-0.3, -0.25) is 14.2 Å². The quantitative estimate of drug-likeness (QED) is 0.433. The number of carboxylic acid groups (broad SMARTS) is 1. The number of nitriles is 1. The van der Waals surface area contributed by atoms with Gasteiger partial charge in [0.05, 0.1) is 23.6 Å². The molecule has 0 radical (unpaired) electrons. The maximum atomic E-state index is 13.3. The molecular weight excluding hydrogens is 467 g/mol. The standard InChI is InChI=1S/C24H27FN8O3/c1-24(9-2-11-31-12-3-10-28-31)19(14-26)20(8-13-32(24)23(35)36)33-15-18(21(27)34)22(30-33)29-17-6-4-16(25)5-7-17/h3-7,10,12,15,19-20H,2,8-9,11,13H2,1H3,(H2,27,34)(H,29,30)(H,35,36)/t19-,20+,24?/m0/s1. The van der Waals surface area contributed by atoms with Crippen LogP contribution < -0.4 is 11.1 Å². The van der Waals surface area contributed by atoms with E-state index in [0.29, 0.717) is 31.5 Å². The third-order valence-electron chi connectivity index (χ3n) is 6.76. The Morgan fingerprint density at radius 1 is 1.36 bits per heavy atom. The molecule has 1 aromatic carbocycles. The first kappa shape index (κ1) is 24.7. The summed E-state index contributed by atoms with van der Waals surface area (Å²) in [5, 5.41) is 31.8. The van der Waals surface area contributed by atoms with E-state index < -0.39 is 35.3 Å². The molecule has 1 fully saturated rings. The summed E-state index contributed by atoms with van der Waals surface area (Å²) in [6, 6.07) is 9.17. The van der Waals surface area contributed by atoms with Crippen molar-refractivity contribution >= 4 is 23.5 Å². The van der Waals surface area contributed by atoms with E-state index in [4.69, 9.17) is 5.73 Å². The molecule has 12 heteroatoms. The molecule has 4 N–H and O–H groups in total. The van der Waals surface area contributed by atoms with Crippen LogP contribution in [0.5, 0.6) is 0 Å². The van der Waals surface area contributed by atoms with Crippen LogP contribution >= 0.6 is 0 Å². The summed E-state index contributed by atoms with van der Waals surface area (Å²) in [5.74, 6) is -1.70. The molecular formula is C24H27FN8O3. The molecule has 1 unspecified atom stereocenters. The van der Waals surface area contributed by atoms with Crippen LogP contribution in [0.3, 0.4) is 0 Å². The van der Waals surface area contributed by atoms with Gasteiger partial charge in [0.1, 0.15) is 11.4 Å². The molecule has 188 valence electrons. The zero-order valence-electron chi connectivity index (χ0n) is 19.7. The lowest BCUT2D eigenvalue weighted by molar-refractivity contribution is 0.00108. The first-order valence-corrected chi connectivity index (χ1v) is 11.5. The van der Waals surface area contributed by atoms with E-state index in [0.717, 1.165) is 0 Å². The average molecular weight is 495 g/mol. The van der Waals surface area contributed by atoms with E-state index in [9.17, 15) is 24.3 Å². The number of hydrogen-bond donors (Lipinski definition) is 3. The molecule has 4 rings (SSSR count). The van der Waals surface area contributed by atoms with Gasteiger partial charge in [0.15, 0.2) is 5.82 Å². The molecule has 0 bridgehead atoms. The smallest absolute Gasteiger partial charge is 0.407 e. The predicted molar refractivity (Wildman–Crippen MR) is 128 cm³/mol. The molecule has 1 saturated heterocycles. The highest BCUT2D eigenvalue weighted by molar-refractivity contribution is 5.98. The minimum atomic E-state index is -1.09. The number of primary amides is 1. The predicted octanol–water partition coefficient (Wildman–Crippen LogP) is 3.36. The highest BCUT2D eigenvalue weighted by Gasteiger charge is 2.50. The Morgan fingerprint density at radius 2 is 2.11 bits per heavy atom. The summed E-state index contributed by atoms with van der Waals surface area (Å²) in [6.45, 7) is 2.56. The van der Waals surface area contributed by atoms with Gasteiger partial charge in [-0.1, -0.05) is 0 Å². The van der Waals surface area contributed by atoms with Crippen LogP contribution in [0, 0.1) is 23.1 Å². The van der Waals surface area contributed by atoms with E-state index in [1.165, 1.54) is 40.0 Å². The summed E-state index contributed by atoms with van der Waals surface area (Å²) < 4.78 is 16.6. The van der Waals surface area contributed by atoms with Gasteiger partial charge in [-0.2, -0.15) is 15.5 Å². The summed E-state index contributed by atoms with van der Waals surface area (Å²) >= 11 is 0. The third kappa shape index (κ3) is 4.86. The normalized spacial score (nSPS) is 21.6. The minimum Gasteiger partial charge on any atom is -0.465 e.